The molecule has 74 valence electrons. The van der Waals surface area contributed by atoms with Gasteiger partial charge >= 0.3 is 5.76 Å². The van der Waals surface area contributed by atoms with Gasteiger partial charge in [0.2, 0.25) is 0 Å². The molecule has 5 nitrogen and oxygen atoms in total. The molecule has 7 heteroatoms. The summed E-state index contributed by atoms with van der Waals surface area (Å²) in [5.41, 5.74) is 0. The number of alkyl halides is 2. The average molecular weight is 194 g/mol. The van der Waals surface area contributed by atoms with Gasteiger partial charge in [0.05, 0.1) is 6.61 Å². The Hall–Kier alpha value is -1.24. The van der Waals surface area contributed by atoms with Gasteiger partial charge in [-0.25, -0.2) is 13.6 Å². The van der Waals surface area contributed by atoms with Crippen LogP contribution in [0, 0.1) is 0 Å². The molecule has 13 heavy (non-hydrogen) atoms. The molecule has 0 spiro atoms. The predicted octanol–water partition coefficient (Wildman–Crippen LogP) is 0.187. The van der Waals surface area contributed by atoms with Crippen LogP contribution in [-0.4, -0.2) is 29.8 Å². The van der Waals surface area contributed by atoms with E-state index in [0.717, 1.165) is 0 Å². The summed E-state index contributed by atoms with van der Waals surface area (Å²) in [5, 5.41) is 3.32. The summed E-state index contributed by atoms with van der Waals surface area (Å²) in [6.07, 6.45) is -2.23. The number of aromatic nitrogens is 2. The molecule has 0 aliphatic carbocycles. The molecule has 1 rings (SSSR count). The maximum atomic E-state index is 11.5. The Kier molecular flexibility index (Phi) is 3.56. The van der Waals surface area contributed by atoms with Crippen molar-refractivity contribution in [2.45, 2.75) is 12.8 Å². The molecule has 0 aliphatic heterocycles. The Morgan fingerprint density at radius 2 is 2.38 bits per heavy atom. The summed E-state index contributed by atoms with van der Waals surface area (Å²) >= 11 is 0. The zero-order valence-electron chi connectivity index (χ0n) is 6.63. The topological polar surface area (TPSA) is 68.1 Å². The molecule has 0 atom stereocenters. The summed E-state index contributed by atoms with van der Waals surface area (Å²) in [6.45, 7) is -0.533. The monoisotopic (exact) mass is 194 g/mol. The van der Waals surface area contributed by atoms with Crippen molar-refractivity contribution in [1.29, 1.82) is 0 Å². The van der Waals surface area contributed by atoms with Crippen LogP contribution in [0.5, 0.6) is 0 Å². The zero-order chi connectivity index (χ0) is 9.68. The molecule has 1 heterocycles. The molecule has 1 N–H and O–H groups in total. The quantitative estimate of drug-likeness (QED) is 0.679. The minimum Gasteiger partial charge on any atom is -0.375 e. The minimum absolute atomic E-state index is 0.0762. The van der Waals surface area contributed by atoms with Crippen molar-refractivity contribution in [2.24, 2.45) is 0 Å². The fourth-order valence-corrected chi connectivity index (χ4v) is 0.709. The molecule has 0 amide bonds. The summed E-state index contributed by atoms with van der Waals surface area (Å²) in [7, 11) is 0. The molecular weight excluding hydrogens is 186 g/mol. The predicted molar refractivity (Wildman–Crippen MR) is 37.7 cm³/mol. The first-order chi connectivity index (χ1) is 6.18. The van der Waals surface area contributed by atoms with Gasteiger partial charge in [0, 0.05) is 6.42 Å². The average Bonchev–Trinajstić information content (AvgIpc) is 2.45. The number of rotatable bonds is 5. The van der Waals surface area contributed by atoms with E-state index in [-0.39, 0.29) is 13.0 Å². The second-order valence-corrected chi connectivity index (χ2v) is 2.26. The fourth-order valence-electron chi connectivity index (χ4n) is 0.709. The normalized spacial score (nSPS) is 11.0. The van der Waals surface area contributed by atoms with Crippen LogP contribution in [0.4, 0.5) is 8.78 Å². The molecule has 0 saturated carbocycles. The third-order valence-electron chi connectivity index (χ3n) is 1.21. The van der Waals surface area contributed by atoms with Gasteiger partial charge in [-0.2, -0.15) is 0 Å². The van der Waals surface area contributed by atoms with Gasteiger partial charge in [-0.3, -0.25) is 9.51 Å². The highest BCUT2D eigenvalue weighted by atomic mass is 19.3. The van der Waals surface area contributed by atoms with E-state index in [4.69, 9.17) is 0 Å². The van der Waals surface area contributed by atoms with E-state index in [2.05, 4.69) is 19.4 Å². The molecule has 0 aliphatic rings. The van der Waals surface area contributed by atoms with Gasteiger partial charge in [0.1, 0.15) is 6.61 Å². The summed E-state index contributed by atoms with van der Waals surface area (Å²) in [4.78, 5) is 12.6. The van der Waals surface area contributed by atoms with Crippen molar-refractivity contribution in [3.05, 3.63) is 16.4 Å². The van der Waals surface area contributed by atoms with Gasteiger partial charge in [-0.15, -0.1) is 0 Å². The first kappa shape index (κ1) is 9.85. The first-order valence-corrected chi connectivity index (χ1v) is 3.59. The maximum absolute atomic E-state index is 11.5. The largest absolute Gasteiger partial charge is 0.438 e. The number of hydrogen-bond acceptors (Lipinski definition) is 4. The number of nitrogens with zero attached hydrogens (tertiary/aromatic N) is 1. The highest BCUT2D eigenvalue weighted by molar-refractivity contribution is 4.77. The van der Waals surface area contributed by atoms with E-state index in [1.165, 1.54) is 0 Å². The van der Waals surface area contributed by atoms with Crippen LogP contribution in [0.1, 0.15) is 5.82 Å². The molecule has 0 fully saturated rings. The number of ether oxygens (including phenoxy) is 1. The Bertz CT molecular complexity index is 296. The molecule has 1 aromatic heterocycles. The molecule has 0 bridgehead atoms. The lowest BCUT2D eigenvalue weighted by Crippen LogP contribution is -2.08. The van der Waals surface area contributed by atoms with E-state index in [0.29, 0.717) is 5.82 Å². The van der Waals surface area contributed by atoms with E-state index in [1.54, 1.807) is 0 Å². The Balaban J connectivity index is 2.17. The Morgan fingerprint density at radius 3 is 2.92 bits per heavy atom. The minimum atomic E-state index is -2.48. The van der Waals surface area contributed by atoms with Gasteiger partial charge in [-0.05, 0) is 0 Å². The summed E-state index contributed by atoms with van der Waals surface area (Å²) in [6, 6.07) is 0. The summed E-state index contributed by atoms with van der Waals surface area (Å²) < 4.78 is 31.8. The van der Waals surface area contributed by atoms with E-state index < -0.39 is 18.8 Å². The lowest BCUT2D eigenvalue weighted by atomic mass is 10.4. The molecule has 0 unspecified atom stereocenters. The standard InChI is InChI=1S/C6H8F2N2O3/c7-4(8)3-12-2-1-5-9-6(11)13-10-5/h4H,1-3H2,(H,9,10,11). The van der Waals surface area contributed by atoms with Crippen LogP contribution in [0.2, 0.25) is 0 Å². The van der Waals surface area contributed by atoms with Crippen molar-refractivity contribution in [3.63, 3.8) is 0 Å². The Labute approximate surface area is 71.7 Å². The molecule has 0 aromatic carbocycles. The Morgan fingerprint density at radius 1 is 1.62 bits per heavy atom. The third-order valence-corrected chi connectivity index (χ3v) is 1.21. The SMILES string of the molecule is O=c1[nH]c(CCOCC(F)F)no1. The number of nitrogens with one attached hydrogen (secondary N) is 1. The fraction of sp³-hybridized carbons (Fsp3) is 0.667. The molecule has 0 saturated heterocycles. The van der Waals surface area contributed by atoms with Crippen molar-refractivity contribution < 1.29 is 18.0 Å². The van der Waals surface area contributed by atoms with Gasteiger partial charge in [0.25, 0.3) is 6.43 Å². The van der Waals surface area contributed by atoms with Crippen molar-refractivity contribution >= 4 is 0 Å². The van der Waals surface area contributed by atoms with Gasteiger partial charge < -0.3 is 4.74 Å². The van der Waals surface area contributed by atoms with E-state index >= 15 is 0 Å². The number of aromatic amines is 1. The van der Waals surface area contributed by atoms with Crippen LogP contribution in [-0.2, 0) is 11.2 Å². The summed E-state index contributed by atoms with van der Waals surface area (Å²) in [5.74, 6) is -0.372. The van der Waals surface area contributed by atoms with Crippen molar-refractivity contribution in [2.75, 3.05) is 13.2 Å². The number of halogens is 2. The molecule has 0 radical (unpaired) electrons. The third kappa shape index (κ3) is 3.79. The number of hydrogen-bond donors (Lipinski definition) is 1. The van der Waals surface area contributed by atoms with Crippen LogP contribution in [0.25, 0.3) is 0 Å². The van der Waals surface area contributed by atoms with Crippen LogP contribution in [0.15, 0.2) is 9.32 Å². The van der Waals surface area contributed by atoms with E-state index in [1.807, 2.05) is 0 Å². The molecular formula is C6H8F2N2O3. The molecule has 1 aromatic rings. The first-order valence-electron chi connectivity index (χ1n) is 3.59. The highest BCUT2D eigenvalue weighted by Crippen LogP contribution is 1.94. The van der Waals surface area contributed by atoms with Gasteiger partial charge in [-0.1, -0.05) is 5.16 Å². The lowest BCUT2D eigenvalue weighted by Gasteiger charge is -1.99. The maximum Gasteiger partial charge on any atom is 0.438 e. The van der Waals surface area contributed by atoms with Crippen molar-refractivity contribution in [1.82, 2.24) is 10.1 Å². The second kappa shape index (κ2) is 4.70. The van der Waals surface area contributed by atoms with Gasteiger partial charge in [0.15, 0.2) is 5.82 Å². The van der Waals surface area contributed by atoms with Crippen LogP contribution < -0.4 is 5.76 Å². The highest BCUT2D eigenvalue weighted by Gasteiger charge is 2.03. The van der Waals surface area contributed by atoms with Crippen LogP contribution >= 0.6 is 0 Å². The lowest BCUT2D eigenvalue weighted by molar-refractivity contribution is 0.0182. The van der Waals surface area contributed by atoms with E-state index in [9.17, 15) is 13.6 Å². The zero-order valence-corrected chi connectivity index (χ0v) is 6.63. The second-order valence-electron chi connectivity index (χ2n) is 2.26. The smallest absolute Gasteiger partial charge is 0.375 e. The number of H-pyrrole nitrogens is 1. The van der Waals surface area contributed by atoms with Crippen LogP contribution in [0.3, 0.4) is 0 Å². The van der Waals surface area contributed by atoms with Crippen molar-refractivity contribution in [3.8, 4) is 0 Å².